The molecule has 2 aliphatic rings. The fourth-order valence-electron chi connectivity index (χ4n) is 4.70. The standard InChI is InChI=1S/C28H30FN7O2/c1-17-14-19(6-9-21(17)26(37)32-20-7-8-20)22-16-31-36-25(22)34-27(33-24-5-3-2-4-23(24)29)35-28(36)30-15-18-10-12-38-13-11-18/h2-6,9,14,16,18,20H,7-8,10-13,15H2,1H3,(H,32,37)(H2,30,33,34,35). The molecule has 10 heteroatoms. The predicted octanol–water partition coefficient (Wildman–Crippen LogP) is 4.71. The lowest BCUT2D eigenvalue weighted by Crippen LogP contribution is -2.26. The Kier molecular flexibility index (Phi) is 6.63. The van der Waals surface area contributed by atoms with Gasteiger partial charge in [-0.25, -0.2) is 4.39 Å². The number of amides is 1. The second-order valence-corrected chi connectivity index (χ2v) is 9.98. The third-order valence-electron chi connectivity index (χ3n) is 7.07. The SMILES string of the molecule is Cc1cc(-c2cnn3c(NCC4CCOCC4)nc(Nc4ccccc4F)nc23)ccc1C(=O)NC1CC1. The van der Waals surface area contributed by atoms with Gasteiger partial charge in [-0.15, -0.1) is 0 Å². The second kappa shape index (κ2) is 10.4. The average molecular weight is 516 g/mol. The Labute approximate surface area is 219 Å². The number of anilines is 3. The van der Waals surface area contributed by atoms with Gasteiger partial charge in [0.1, 0.15) is 5.82 Å². The molecule has 2 aromatic carbocycles. The summed E-state index contributed by atoms with van der Waals surface area (Å²) in [6.45, 7) is 4.16. The summed E-state index contributed by atoms with van der Waals surface area (Å²) < 4.78 is 21.6. The van der Waals surface area contributed by atoms with Crippen molar-refractivity contribution in [1.82, 2.24) is 24.9 Å². The zero-order chi connectivity index (χ0) is 26.1. The van der Waals surface area contributed by atoms with Crippen LogP contribution in [-0.2, 0) is 4.74 Å². The monoisotopic (exact) mass is 515 g/mol. The molecule has 1 saturated carbocycles. The highest BCUT2D eigenvalue weighted by molar-refractivity contribution is 5.97. The van der Waals surface area contributed by atoms with E-state index in [1.54, 1.807) is 28.9 Å². The number of aromatic nitrogens is 4. The summed E-state index contributed by atoms with van der Waals surface area (Å²) >= 11 is 0. The third-order valence-corrected chi connectivity index (χ3v) is 7.07. The summed E-state index contributed by atoms with van der Waals surface area (Å²) in [6.07, 6.45) is 5.78. The largest absolute Gasteiger partial charge is 0.381 e. The first-order chi connectivity index (χ1) is 18.5. The number of carbonyl (C=O) groups is 1. The molecular weight excluding hydrogens is 485 g/mol. The van der Waals surface area contributed by atoms with Gasteiger partial charge in [-0.2, -0.15) is 19.6 Å². The van der Waals surface area contributed by atoms with E-state index >= 15 is 0 Å². The van der Waals surface area contributed by atoms with Gasteiger partial charge in [-0.05, 0) is 67.9 Å². The molecule has 1 saturated heterocycles. The number of carbonyl (C=O) groups excluding carboxylic acids is 1. The van der Waals surface area contributed by atoms with Crippen molar-refractivity contribution < 1.29 is 13.9 Å². The normalized spacial score (nSPS) is 15.9. The number of rotatable bonds is 8. The van der Waals surface area contributed by atoms with E-state index in [0.29, 0.717) is 35.7 Å². The van der Waals surface area contributed by atoms with Crippen LogP contribution in [0, 0.1) is 18.7 Å². The predicted molar refractivity (Wildman–Crippen MR) is 143 cm³/mol. The molecule has 0 radical (unpaired) electrons. The maximum absolute atomic E-state index is 14.4. The van der Waals surface area contributed by atoms with E-state index in [1.807, 2.05) is 25.1 Å². The fraction of sp³-hybridized carbons (Fsp3) is 0.357. The number of hydrogen-bond acceptors (Lipinski definition) is 7. The molecule has 1 aliphatic heterocycles. The number of benzene rings is 2. The van der Waals surface area contributed by atoms with E-state index < -0.39 is 5.82 Å². The van der Waals surface area contributed by atoms with Gasteiger partial charge < -0.3 is 20.7 Å². The Bertz CT molecular complexity index is 1480. The number of halogens is 1. The minimum absolute atomic E-state index is 0.0466. The smallest absolute Gasteiger partial charge is 0.251 e. The van der Waals surface area contributed by atoms with Crippen molar-refractivity contribution >= 4 is 29.1 Å². The van der Waals surface area contributed by atoms with Crippen LogP contribution in [-0.4, -0.2) is 51.3 Å². The van der Waals surface area contributed by atoms with Crippen LogP contribution in [0.2, 0.25) is 0 Å². The molecule has 0 spiro atoms. The first-order valence-corrected chi connectivity index (χ1v) is 13.1. The fourth-order valence-corrected chi connectivity index (χ4v) is 4.70. The number of nitrogens with one attached hydrogen (secondary N) is 3. The lowest BCUT2D eigenvalue weighted by Gasteiger charge is -2.22. The molecule has 38 heavy (non-hydrogen) atoms. The van der Waals surface area contributed by atoms with Gasteiger partial charge in [0.25, 0.3) is 5.91 Å². The molecule has 1 aliphatic carbocycles. The van der Waals surface area contributed by atoms with Crippen LogP contribution >= 0.6 is 0 Å². The molecule has 0 unspecified atom stereocenters. The summed E-state index contributed by atoms with van der Waals surface area (Å²) in [5.74, 6) is 0.801. The number of para-hydroxylation sites is 1. The Morgan fingerprint density at radius 3 is 2.68 bits per heavy atom. The third kappa shape index (κ3) is 5.17. The number of fused-ring (bicyclic) bond motifs is 1. The molecule has 9 nitrogen and oxygen atoms in total. The van der Waals surface area contributed by atoms with Crippen molar-refractivity contribution in [3.8, 4) is 11.1 Å². The zero-order valence-corrected chi connectivity index (χ0v) is 21.2. The lowest BCUT2D eigenvalue weighted by molar-refractivity contribution is 0.0699. The van der Waals surface area contributed by atoms with Crippen LogP contribution in [0.15, 0.2) is 48.7 Å². The van der Waals surface area contributed by atoms with E-state index in [1.165, 1.54) is 6.07 Å². The van der Waals surface area contributed by atoms with Crippen molar-refractivity contribution in [2.75, 3.05) is 30.4 Å². The Hall–Kier alpha value is -4.05. The highest BCUT2D eigenvalue weighted by Crippen LogP contribution is 2.29. The number of nitrogens with zero attached hydrogens (tertiary/aromatic N) is 4. The van der Waals surface area contributed by atoms with E-state index in [0.717, 1.165) is 55.6 Å². The van der Waals surface area contributed by atoms with Crippen LogP contribution in [0.3, 0.4) is 0 Å². The summed E-state index contributed by atoms with van der Waals surface area (Å²) in [6, 6.07) is 12.4. The van der Waals surface area contributed by atoms with Crippen molar-refractivity contribution in [3.05, 3.63) is 65.6 Å². The van der Waals surface area contributed by atoms with Crippen LogP contribution in [0.25, 0.3) is 16.8 Å². The second-order valence-electron chi connectivity index (χ2n) is 9.98. The Balaban J connectivity index is 1.35. The highest BCUT2D eigenvalue weighted by Gasteiger charge is 2.25. The number of ether oxygens (including phenoxy) is 1. The van der Waals surface area contributed by atoms with E-state index in [-0.39, 0.29) is 17.5 Å². The topological polar surface area (TPSA) is 105 Å². The molecule has 196 valence electrons. The maximum atomic E-state index is 14.4. The van der Waals surface area contributed by atoms with Gasteiger partial charge in [0.2, 0.25) is 11.9 Å². The minimum atomic E-state index is -0.392. The van der Waals surface area contributed by atoms with Crippen molar-refractivity contribution in [1.29, 1.82) is 0 Å². The van der Waals surface area contributed by atoms with Crippen molar-refractivity contribution in [2.24, 2.45) is 5.92 Å². The molecular formula is C28H30FN7O2. The molecule has 2 aromatic heterocycles. The van der Waals surface area contributed by atoms with Gasteiger partial charge in [-0.1, -0.05) is 24.3 Å². The van der Waals surface area contributed by atoms with Gasteiger partial charge >= 0.3 is 0 Å². The number of hydrogen-bond donors (Lipinski definition) is 3. The molecule has 0 bridgehead atoms. The average Bonchev–Trinajstić information content (AvgIpc) is 3.64. The first-order valence-electron chi connectivity index (χ1n) is 13.1. The van der Waals surface area contributed by atoms with Crippen LogP contribution in [0.5, 0.6) is 0 Å². The zero-order valence-electron chi connectivity index (χ0n) is 21.2. The summed E-state index contributed by atoms with van der Waals surface area (Å²) in [5.41, 5.74) is 4.06. The molecule has 6 rings (SSSR count). The summed E-state index contributed by atoms with van der Waals surface area (Å²) in [4.78, 5) is 22.0. The Morgan fingerprint density at radius 2 is 1.92 bits per heavy atom. The highest BCUT2D eigenvalue weighted by atomic mass is 19.1. The van der Waals surface area contributed by atoms with Crippen molar-refractivity contribution in [3.63, 3.8) is 0 Å². The van der Waals surface area contributed by atoms with Gasteiger partial charge in [-0.3, -0.25) is 4.79 Å². The molecule has 3 heterocycles. The van der Waals surface area contributed by atoms with E-state index in [9.17, 15) is 9.18 Å². The lowest BCUT2D eigenvalue weighted by atomic mass is 10.0. The van der Waals surface area contributed by atoms with Crippen molar-refractivity contribution in [2.45, 2.75) is 38.6 Å². The minimum Gasteiger partial charge on any atom is -0.381 e. The van der Waals surface area contributed by atoms with E-state index in [2.05, 4.69) is 26.0 Å². The molecule has 1 amide bonds. The van der Waals surface area contributed by atoms with Crippen LogP contribution in [0.4, 0.5) is 22.0 Å². The molecule has 3 N–H and O–H groups in total. The quantitative estimate of drug-likeness (QED) is 0.312. The van der Waals surface area contributed by atoms with Gasteiger partial charge in [0.15, 0.2) is 5.65 Å². The van der Waals surface area contributed by atoms with Gasteiger partial charge in [0, 0.05) is 36.9 Å². The Morgan fingerprint density at radius 1 is 1.11 bits per heavy atom. The molecule has 0 atom stereocenters. The number of aryl methyl sites for hydroxylation is 1. The van der Waals surface area contributed by atoms with E-state index in [4.69, 9.17) is 9.72 Å². The van der Waals surface area contributed by atoms with Gasteiger partial charge in [0.05, 0.1) is 11.9 Å². The maximum Gasteiger partial charge on any atom is 0.251 e. The van der Waals surface area contributed by atoms with Crippen LogP contribution in [0.1, 0.15) is 41.6 Å². The summed E-state index contributed by atoms with van der Waals surface area (Å²) in [7, 11) is 0. The molecule has 2 fully saturated rings. The first kappa shape index (κ1) is 24.3. The molecule has 4 aromatic rings. The summed E-state index contributed by atoms with van der Waals surface area (Å²) in [5, 5.41) is 14.1. The van der Waals surface area contributed by atoms with Crippen LogP contribution < -0.4 is 16.0 Å².